The van der Waals surface area contributed by atoms with Gasteiger partial charge in [-0.2, -0.15) is 0 Å². The van der Waals surface area contributed by atoms with Crippen LogP contribution < -0.4 is 14.2 Å². The molecule has 1 N–H and O–H groups in total. The number of carbonyl (C=O) groups excluding carboxylic acids is 2. The predicted molar refractivity (Wildman–Crippen MR) is 142 cm³/mol. The molecular formula is C31H38O7. The molecule has 204 valence electrons. The van der Waals surface area contributed by atoms with Gasteiger partial charge in [0, 0.05) is 11.1 Å². The molecule has 0 aromatic heterocycles. The van der Waals surface area contributed by atoms with Crippen LogP contribution in [0.25, 0.3) is 0 Å². The lowest BCUT2D eigenvalue weighted by molar-refractivity contribution is -0.148. The lowest BCUT2D eigenvalue weighted by atomic mass is 9.75. The highest BCUT2D eigenvalue weighted by Gasteiger charge is 2.53. The molecule has 4 atom stereocenters. The number of hydrogen-bond donors (Lipinski definition) is 1. The number of fused-ring (bicyclic) bond motifs is 4. The smallest absolute Gasteiger partial charge is 0.346 e. The molecule has 7 nitrogen and oxygen atoms in total. The van der Waals surface area contributed by atoms with Crippen molar-refractivity contribution in [3.8, 4) is 23.0 Å². The Labute approximate surface area is 224 Å². The van der Waals surface area contributed by atoms with E-state index in [4.69, 9.17) is 18.9 Å². The van der Waals surface area contributed by atoms with Gasteiger partial charge >= 0.3 is 11.9 Å². The summed E-state index contributed by atoms with van der Waals surface area (Å²) in [5, 5.41) is 10.8. The number of hydrogen-bond acceptors (Lipinski definition) is 7. The third-order valence-electron chi connectivity index (χ3n) is 8.89. The monoisotopic (exact) mass is 522 g/mol. The molecule has 2 aromatic rings. The van der Waals surface area contributed by atoms with Crippen molar-refractivity contribution in [2.75, 3.05) is 7.11 Å². The van der Waals surface area contributed by atoms with Gasteiger partial charge in [-0.1, -0.05) is 20.3 Å². The van der Waals surface area contributed by atoms with Gasteiger partial charge < -0.3 is 24.1 Å². The molecule has 7 heteroatoms. The van der Waals surface area contributed by atoms with E-state index in [2.05, 4.69) is 0 Å². The summed E-state index contributed by atoms with van der Waals surface area (Å²) in [6, 6.07) is 5.18. The number of ether oxygens (including phenoxy) is 4. The van der Waals surface area contributed by atoms with E-state index < -0.39 is 17.5 Å². The van der Waals surface area contributed by atoms with E-state index in [0.29, 0.717) is 40.9 Å². The first kappa shape index (κ1) is 26.5. The molecule has 2 aliphatic carbocycles. The van der Waals surface area contributed by atoms with E-state index in [1.807, 2.05) is 40.7 Å². The second-order valence-electron chi connectivity index (χ2n) is 11.9. The summed E-state index contributed by atoms with van der Waals surface area (Å²) in [6.07, 6.45) is 3.88. The van der Waals surface area contributed by atoms with Gasteiger partial charge in [0.1, 0.15) is 23.7 Å². The molecule has 38 heavy (non-hydrogen) atoms. The Bertz CT molecular complexity index is 1280. The maximum atomic E-state index is 13.6. The fourth-order valence-electron chi connectivity index (χ4n) is 6.60. The van der Waals surface area contributed by atoms with Gasteiger partial charge in [-0.05, 0) is 93.5 Å². The zero-order chi connectivity index (χ0) is 27.4. The second kappa shape index (κ2) is 9.92. The highest BCUT2D eigenvalue weighted by Crippen LogP contribution is 2.56. The average molecular weight is 523 g/mol. The van der Waals surface area contributed by atoms with Crippen LogP contribution in [0.3, 0.4) is 0 Å². The Morgan fingerprint density at radius 1 is 1.24 bits per heavy atom. The van der Waals surface area contributed by atoms with Crippen molar-refractivity contribution >= 4 is 11.9 Å². The van der Waals surface area contributed by atoms with Crippen molar-refractivity contribution in [3.63, 3.8) is 0 Å². The van der Waals surface area contributed by atoms with Crippen LogP contribution in [0, 0.1) is 37.0 Å². The van der Waals surface area contributed by atoms with E-state index in [9.17, 15) is 14.7 Å². The van der Waals surface area contributed by atoms with Crippen LogP contribution in [-0.4, -0.2) is 24.2 Å². The number of aliphatic hydroxyl groups excluding tert-OH is 1. The summed E-state index contributed by atoms with van der Waals surface area (Å²) in [7, 11) is 1.46. The highest BCUT2D eigenvalue weighted by molar-refractivity contribution is 5.97. The van der Waals surface area contributed by atoms with Crippen LogP contribution in [0.2, 0.25) is 0 Å². The molecule has 3 unspecified atom stereocenters. The lowest BCUT2D eigenvalue weighted by Gasteiger charge is -2.32. The van der Waals surface area contributed by atoms with Gasteiger partial charge in [0.15, 0.2) is 11.5 Å². The van der Waals surface area contributed by atoms with Crippen LogP contribution in [-0.2, 0) is 16.1 Å². The molecule has 1 aliphatic heterocycles. The Balaban J connectivity index is 1.56. The first-order chi connectivity index (χ1) is 18.0. The van der Waals surface area contributed by atoms with Crippen molar-refractivity contribution < 1.29 is 33.6 Å². The first-order valence-corrected chi connectivity index (χ1v) is 13.6. The number of methoxy groups -OCH3 is 1. The second-order valence-corrected chi connectivity index (χ2v) is 11.9. The molecule has 1 heterocycles. The van der Waals surface area contributed by atoms with Gasteiger partial charge in [0.05, 0.1) is 18.6 Å². The molecule has 2 saturated carbocycles. The summed E-state index contributed by atoms with van der Waals surface area (Å²) >= 11 is 0. The largest absolute Gasteiger partial charge is 0.495 e. The van der Waals surface area contributed by atoms with Crippen LogP contribution in [0.1, 0.15) is 91.6 Å². The number of aryl methyl sites for hydroxylation is 1. The Kier molecular flexibility index (Phi) is 6.93. The van der Waals surface area contributed by atoms with Crippen molar-refractivity contribution in [2.24, 2.45) is 23.2 Å². The van der Waals surface area contributed by atoms with Crippen LogP contribution in [0.5, 0.6) is 23.0 Å². The maximum Gasteiger partial charge on any atom is 0.346 e. The van der Waals surface area contributed by atoms with Gasteiger partial charge in [0.2, 0.25) is 0 Å². The standard InChI is InChI=1S/C31H38O7/c1-16(2)11-23(32)21-9-10-24-26(28(21)35-6)29(33)36-15-22-18(4)17(3)12-25(27(22)37-24)38-30(34)31(5)14-19-7-8-20(31)13-19/h9-10,12,16,19-20,23,32H,7-8,11,13-15H2,1-6H3/t19?,20?,23-,31?/m0/s1. The minimum atomic E-state index is -0.815. The van der Waals surface area contributed by atoms with Gasteiger partial charge in [-0.3, -0.25) is 4.79 Å². The average Bonchev–Trinajstić information content (AvgIpc) is 3.46. The zero-order valence-electron chi connectivity index (χ0n) is 23.2. The van der Waals surface area contributed by atoms with E-state index in [-0.39, 0.29) is 35.6 Å². The predicted octanol–water partition coefficient (Wildman–Crippen LogP) is 6.59. The van der Waals surface area contributed by atoms with Crippen molar-refractivity contribution in [3.05, 3.63) is 46.0 Å². The number of aliphatic hydroxyl groups is 1. The third-order valence-corrected chi connectivity index (χ3v) is 8.89. The number of esters is 2. The SMILES string of the molecule is COc1c([C@@H](O)CC(C)C)ccc2c1C(=O)OCc1c(C)c(C)cc(OC(=O)C3(C)CC4CCC3C4)c1O2. The summed E-state index contributed by atoms with van der Waals surface area (Å²) in [5.74, 6) is 1.47. The topological polar surface area (TPSA) is 91.3 Å². The zero-order valence-corrected chi connectivity index (χ0v) is 23.2. The molecule has 0 radical (unpaired) electrons. The minimum absolute atomic E-state index is 0.0461. The highest BCUT2D eigenvalue weighted by atomic mass is 16.6. The van der Waals surface area contributed by atoms with Crippen LogP contribution in [0.15, 0.2) is 18.2 Å². The first-order valence-electron chi connectivity index (χ1n) is 13.6. The summed E-state index contributed by atoms with van der Waals surface area (Å²) < 4.78 is 23.9. The number of benzene rings is 2. The quantitative estimate of drug-likeness (QED) is 0.338. The molecular weight excluding hydrogens is 484 g/mol. The van der Waals surface area contributed by atoms with Crippen molar-refractivity contribution in [1.82, 2.24) is 0 Å². The summed E-state index contributed by atoms with van der Waals surface area (Å²) in [4.78, 5) is 26.8. The molecule has 2 bridgehead atoms. The van der Waals surface area contributed by atoms with E-state index in [1.165, 1.54) is 13.5 Å². The van der Waals surface area contributed by atoms with E-state index in [0.717, 1.165) is 30.4 Å². The molecule has 0 saturated heterocycles. The Morgan fingerprint density at radius 2 is 2.00 bits per heavy atom. The molecule has 2 aromatic carbocycles. The normalized spacial score (nSPS) is 24.6. The number of rotatable bonds is 6. The molecule has 5 rings (SSSR count). The van der Waals surface area contributed by atoms with Crippen LogP contribution >= 0.6 is 0 Å². The Morgan fingerprint density at radius 3 is 2.63 bits per heavy atom. The van der Waals surface area contributed by atoms with E-state index in [1.54, 1.807) is 12.1 Å². The summed E-state index contributed by atoms with van der Waals surface area (Å²) in [5.41, 5.74) is 2.57. The number of cyclic esters (lactones) is 1. The minimum Gasteiger partial charge on any atom is -0.495 e. The van der Waals surface area contributed by atoms with Gasteiger partial charge in [0.25, 0.3) is 0 Å². The van der Waals surface area contributed by atoms with Crippen molar-refractivity contribution in [2.45, 2.75) is 79.4 Å². The summed E-state index contributed by atoms with van der Waals surface area (Å²) in [6.45, 7) is 9.88. The maximum absolute atomic E-state index is 13.6. The number of carbonyl (C=O) groups is 2. The third kappa shape index (κ3) is 4.45. The van der Waals surface area contributed by atoms with Crippen LogP contribution in [0.4, 0.5) is 0 Å². The fraction of sp³-hybridized carbons (Fsp3) is 0.548. The fourth-order valence-corrected chi connectivity index (χ4v) is 6.60. The molecule has 0 amide bonds. The molecule has 2 fully saturated rings. The lowest BCUT2D eigenvalue weighted by Crippen LogP contribution is -2.37. The molecule has 3 aliphatic rings. The van der Waals surface area contributed by atoms with Gasteiger partial charge in [-0.25, -0.2) is 4.79 Å². The van der Waals surface area contributed by atoms with Crippen molar-refractivity contribution in [1.29, 1.82) is 0 Å². The molecule has 0 spiro atoms. The Hall–Kier alpha value is -3.06. The van der Waals surface area contributed by atoms with E-state index >= 15 is 0 Å². The van der Waals surface area contributed by atoms with Gasteiger partial charge in [-0.15, -0.1) is 0 Å².